The average Bonchev–Trinajstić information content (AvgIpc) is 2.35. The lowest BCUT2D eigenvalue weighted by Crippen LogP contribution is -2.11. The van der Waals surface area contributed by atoms with Gasteiger partial charge in [0.2, 0.25) is 0 Å². The van der Waals surface area contributed by atoms with Crippen LogP contribution in [-0.4, -0.2) is 27.6 Å². The van der Waals surface area contributed by atoms with E-state index in [2.05, 4.69) is 37.4 Å². The van der Waals surface area contributed by atoms with Gasteiger partial charge in [0.25, 0.3) is 0 Å². The van der Waals surface area contributed by atoms with Gasteiger partial charge in [0, 0.05) is 0 Å². The smallest absolute Gasteiger partial charge is 0.387 e. The molecule has 0 rings (SSSR count). The Morgan fingerprint density at radius 1 is 1.05 bits per heavy atom. The molecule has 3 N–H and O–H groups in total. The Hall–Kier alpha value is -0.710. The zero-order chi connectivity index (χ0) is 17.2. The third-order valence-electron chi connectivity index (χ3n) is 3.01. The second-order valence-electron chi connectivity index (χ2n) is 5.78. The van der Waals surface area contributed by atoms with E-state index in [1.165, 1.54) is 11.1 Å². The van der Waals surface area contributed by atoms with Crippen molar-refractivity contribution in [2.24, 2.45) is 0 Å². The van der Waals surface area contributed by atoms with Gasteiger partial charge in [-0.1, -0.05) is 34.9 Å². The third kappa shape index (κ3) is 14.2. The Kier molecular flexibility index (Phi) is 10.6. The number of phosphoric acid groups is 1. The zero-order valence-electron chi connectivity index (χ0n) is 14.0. The minimum atomic E-state index is -4.52. The maximum Gasteiger partial charge on any atom is 0.469 e. The van der Waals surface area contributed by atoms with Crippen LogP contribution in [0, 0.1) is 0 Å². The van der Waals surface area contributed by atoms with Crippen LogP contribution >= 0.6 is 7.82 Å². The van der Waals surface area contributed by atoms with E-state index in [9.17, 15) is 9.67 Å². The molecular weight excluding hydrogens is 303 g/mol. The molecule has 128 valence electrons. The van der Waals surface area contributed by atoms with Crippen molar-refractivity contribution in [1.29, 1.82) is 0 Å². The molecule has 22 heavy (non-hydrogen) atoms. The molecule has 0 aliphatic carbocycles. The predicted molar refractivity (Wildman–Crippen MR) is 89.4 cm³/mol. The fraction of sp³-hybridized carbons (Fsp3) is 0.625. The fourth-order valence-electron chi connectivity index (χ4n) is 1.87. The van der Waals surface area contributed by atoms with E-state index in [0.29, 0.717) is 0 Å². The second kappa shape index (κ2) is 10.9. The summed E-state index contributed by atoms with van der Waals surface area (Å²) in [6.45, 7) is 7.77. The van der Waals surface area contributed by atoms with Crippen molar-refractivity contribution in [3.05, 3.63) is 34.9 Å². The maximum absolute atomic E-state index is 10.5. The predicted octanol–water partition coefficient (Wildman–Crippen LogP) is 3.88. The van der Waals surface area contributed by atoms with Gasteiger partial charge >= 0.3 is 7.82 Å². The molecule has 5 nitrogen and oxygen atoms in total. The van der Waals surface area contributed by atoms with E-state index in [4.69, 9.17) is 9.79 Å². The number of aliphatic hydroxyl groups is 1. The lowest BCUT2D eigenvalue weighted by molar-refractivity contribution is 0.113. The van der Waals surface area contributed by atoms with Crippen LogP contribution in [0.25, 0.3) is 0 Å². The van der Waals surface area contributed by atoms with Gasteiger partial charge < -0.3 is 14.9 Å². The Labute approximate surface area is 133 Å². The van der Waals surface area contributed by atoms with Gasteiger partial charge in [-0.2, -0.15) is 0 Å². The highest BCUT2D eigenvalue weighted by Crippen LogP contribution is 2.35. The molecule has 0 aromatic rings. The van der Waals surface area contributed by atoms with Crippen LogP contribution in [0.15, 0.2) is 34.9 Å². The Morgan fingerprint density at radius 3 is 2.14 bits per heavy atom. The largest absolute Gasteiger partial charge is 0.469 e. The molecular formula is C16H29O5P. The third-order valence-corrected chi connectivity index (χ3v) is 3.50. The topological polar surface area (TPSA) is 87.0 Å². The summed E-state index contributed by atoms with van der Waals surface area (Å²) in [5.74, 6) is 0. The van der Waals surface area contributed by atoms with Gasteiger partial charge in [-0.05, 0) is 53.4 Å². The van der Waals surface area contributed by atoms with Crippen LogP contribution in [-0.2, 0) is 9.09 Å². The summed E-state index contributed by atoms with van der Waals surface area (Å²) in [6.07, 6.45) is 8.76. The quantitative estimate of drug-likeness (QED) is 0.417. The van der Waals surface area contributed by atoms with Crippen LogP contribution < -0.4 is 0 Å². The first kappa shape index (κ1) is 21.3. The molecule has 0 heterocycles. The SMILES string of the molecule is CC(C)=CCCC(C)=CCCC(C)=CC(O)COP(=O)(O)O. The van der Waals surface area contributed by atoms with Crippen molar-refractivity contribution in [2.45, 2.75) is 59.5 Å². The highest BCUT2D eigenvalue weighted by atomic mass is 31.2. The first-order valence-electron chi connectivity index (χ1n) is 7.44. The molecule has 0 aromatic heterocycles. The van der Waals surface area contributed by atoms with Crippen molar-refractivity contribution in [2.75, 3.05) is 6.61 Å². The average molecular weight is 332 g/mol. The van der Waals surface area contributed by atoms with Crippen LogP contribution in [0.1, 0.15) is 53.4 Å². The first-order valence-corrected chi connectivity index (χ1v) is 8.97. The molecule has 6 heteroatoms. The molecule has 0 saturated carbocycles. The van der Waals surface area contributed by atoms with Crippen molar-refractivity contribution in [3.63, 3.8) is 0 Å². The maximum atomic E-state index is 10.5. The summed E-state index contributed by atoms with van der Waals surface area (Å²) >= 11 is 0. The van der Waals surface area contributed by atoms with Crippen LogP contribution in [0.4, 0.5) is 0 Å². The van der Waals surface area contributed by atoms with Gasteiger partial charge in [-0.25, -0.2) is 4.57 Å². The molecule has 0 bridgehead atoms. The van der Waals surface area contributed by atoms with E-state index >= 15 is 0 Å². The monoisotopic (exact) mass is 332 g/mol. The van der Waals surface area contributed by atoms with Gasteiger partial charge in [0.15, 0.2) is 0 Å². The van der Waals surface area contributed by atoms with E-state index in [1.54, 1.807) is 6.08 Å². The highest BCUT2D eigenvalue weighted by molar-refractivity contribution is 7.46. The van der Waals surface area contributed by atoms with Gasteiger partial charge in [-0.15, -0.1) is 0 Å². The van der Waals surface area contributed by atoms with Crippen molar-refractivity contribution in [3.8, 4) is 0 Å². The van der Waals surface area contributed by atoms with Crippen molar-refractivity contribution >= 4 is 7.82 Å². The fourth-order valence-corrected chi connectivity index (χ4v) is 2.22. The van der Waals surface area contributed by atoms with Gasteiger partial charge in [0.1, 0.15) is 0 Å². The Balaban J connectivity index is 4.10. The molecule has 1 atom stereocenters. The number of hydrogen-bond acceptors (Lipinski definition) is 3. The molecule has 0 aliphatic rings. The standard InChI is InChI=1S/C16H29O5P/c1-13(2)7-5-8-14(3)9-6-10-15(4)11-16(17)12-21-22(18,19)20/h7,9,11,16-17H,5-6,8,10,12H2,1-4H3,(H2,18,19,20). The number of aliphatic hydroxyl groups excluding tert-OH is 1. The zero-order valence-corrected chi connectivity index (χ0v) is 14.8. The Bertz CT molecular complexity index is 455. The van der Waals surface area contributed by atoms with E-state index in [0.717, 1.165) is 31.3 Å². The number of rotatable bonds is 10. The summed E-state index contributed by atoms with van der Waals surface area (Å²) in [5.41, 5.74) is 3.64. The normalized spacial score (nSPS) is 14.9. The van der Waals surface area contributed by atoms with Gasteiger partial charge in [-0.3, -0.25) is 4.52 Å². The lowest BCUT2D eigenvalue weighted by atomic mass is 10.1. The summed E-state index contributed by atoms with van der Waals surface area (Å²) in [6, 6.07) is 0. The summed E-state index contributed by atoms with van der Waals surface area (Å²) in [7, 11) is -4.52. The Morgan fingerprint density at radius 2 is 1.59 bits per heavy atom. The highest BCUT2D eigenvalue weighted by Gasteiger charge is 2.15. The molecule has 0 fully saturated rings. The molecule has 1 unspecified atom stereocenters. The summed E-state index contributed by atoms with van der Waals surface area (Å²) in [4.78, 5) is 17.1. The number of hydrogen-bond donors (Lipinski definition) is 3. The molecule has 0 saturated heterocycles. The van der Waals surface area contributed by atoms with Crippen molar-refractivity contribution in [1.82, 2.24) is 0 Å². The first-order chi connectivity index (χ1) is 10.1. The minimum Gasteiger partial charge on any atom is -0.387 e. The molecule has 0 spiro atoms. The van der Waals surface area contributed by atoms with Crippen LogP contribution in [0.2, 0.25) is 0 Å². The minimum absolute atomic E-state index is 0.404. The van der Waals surface area contributed by atoms with E-state index in [-0.39, 0.29) is 0 Å². The van der Waals surface area contributed by atoms with Crippen molar-refractivity contribution < 1.29 is 24.0 Å². The van der Waals surface area contributed by atoms with E-state index < -0.39 is 20.5 Å². The van der Waals surface area contributed by atoms with E-state index in [1.807, 2.05) is 6.92 Å². The summed E-state index contributed by atoms with van der Waals surface area (Å²) in [5, 5.41) is 9.59. The molecule has 0 amide bonds. The molecule has 0 radical (unpaired) electrons. The molecule has 0 aliphatic heterocycles. The molecule has 0 aromatic carbocycles. The van der Waals surface area contributed by atoms with Crippen LogP contribution in [0.5, 0.6) is 0 Å². The van der Waals surface area contributed by atoms with Crippen LogP contribution in [0.3, 0.4) is 0 Å². The lowest BCUT2D eigenvalue weighted by Gasteiger charge is -2.09. The number of phosphoric ester groups is 1. The van der Waals surface area contributed by atoms with Gasteiger partial charge in [0.05, 0.1) is 12.7 Å². The second-order valence-corrected chi connectivity index (χ2v) is 7.02. The number of allylic oxidation sites excluding steroid dienone is 5. The summed E-state index contributed by atoms with van der Waals surface area (Å²) < 4.78 is 14.8.